The Morgan fingerprint density at radius 2 is 1.74 bits per heavy atom. The van der Waals surface area contributed by atoms with Gasteiger partial charge < -0.3 is 4.90 Å². The van der Waals surface area contributed by atoms with Crippen LogP contribution < -0.4 is 0 Å². The number of rotatable bonds is 4. The van der Waals surface area contributed by atoms with Crippen molar-refractivity contribution < 1.29 is 4.79 Å². The first-order valence-electron chi connectivity index (χ1n) is 6.56. The third-order valence-corrected chi connectivity index (χ3v) is 3.14. The van der Waals surface area contributed by atoms with Crippen LogP contribution in [0.4, 0.5) is 0 Å². The molecule has 0 spiro atoms. The summed E-state index contributed by atoms with van der Waals surface area (Å²) in [7, 11) is 0. The molecule has 0 atom stereocenters. The summed E-state index contributed by atoms with van der Waals surface area (Å²) < 4.78 is 0. The molecule has 0 aliphatic heterocycles. The van der Waals surface area contributed by atoms with E-state index in [9.17, 15) is 4.79 Å². The van der Waals surface area contributed by atoms with Gasteiger partial charge in [0.05, 0.1) is 5.56 Å². The van der Waals surface area contributed by atoms with Crippen molar-refractivity contribution in [1.29, 1.82) is 0 Å². The molecule has 1 aromatic heterocycles. The molecule has 0 aliphatic carbocycles. The van der Waals surface area contributed by atoms with Crippen LogP contribution in [0.1, 0.15) is 24.2 Å². The molecular formula is C16H18N2O. The first kappa shape index (κ1) is 13.3. The van der Waals surface area contributed by atoms with Gasteiger partial charge in [-0.05, 0) is 25.5 Å². The molecule has 0 unspecified atom stereocenters. The SMILES string of the molecule is CCN(CC)C(=O)c1cncc(-c2ccccc2)c1. The Balaban J connectivity index is 2.32. The summed E-state index contributed by atoms with van der Waals surface area (Å²) in [6.07, 6.45) is 3.42. The smallest absolute Gasteiger partial charge is 0.255 e. The van der Waals surface area contributed by atoms with E-state index in [0.29, 0.717) is 18.7 Å². The zero-order valence-electron chi connectivity index (χ0n) is 11.3. The van der Waals surface area contributed by atoms with Crippen LogP contribution in [0.15, 0.2) is 48.8 Å². The Morgan fingerprint density at radius 1 is 1.05 bits per heavy atom. The summed E-state index contributed by atoms with van der Waals surface area (Å²) in [6, 6.07) is 11.9. The maximum absolute atomic E-state index is 12.3. The van der Waals surface area contributed by atoms with E-state index in [4.69, 9.17) is 0 Å². The van der Waals surface area contributed by atoms with Crippen molar-refractivity contribution in [3.63, 3.8) is 0 Å². The Kier molecular flexibility index (Phi) is 4.29. The zero-order valence-corrected chi connectivity index (χ0v) is 11.3. The van der Waals surface area contributed by atoms with Gasteiger partial charge in [0.25, 0.3) is 5.91 Å². The van der Waals surface area contributed by atoms with Crippen molar-refractivity contribution in [2.45, 2.75) is 13.8 Å². The summed E-state index contributed by atoms with van der Waals surface area (Å²) in [4.78, 5) is 18.3. The van der Waals surface area contributed by atoms with Crippen LogP contribution in [0, 0.1) is 0 Å². The second-order valence-electron chi connectivity index (χ2n) is 4.31. The van der Waals surface area contributed by atoms with Crippen molar-refractivity contribution in [2.75, 3.05) is 13.1 Å². The molecule has 1 heterocycles. The van der Waals surface area contributed by atoms with Gasteiger partial charge in [0.15, 0.2) is 0 Å². The monoisotopic (exact) mass is 254 g/mol. The van der Waals surface area contributed by atoms with Gasteiger partial charge in [-0.25, -0.2) is 0 Å². The lowest BCUT2D eigenvalue weighted by Gasteiger charge is -2.18. The predicted octanol–water partition coefficient (Wildman–Crippen LogP) is 3.23. The van der Waals surface area contributed by atoms with Crippen molar-refractivity contribution in [2.24, 2.45) is 0 Å². The van der Waals surface area contributed by atoms with Crippen molar-refractivity contribution in [3.05, 3.63) is 54.4 Å². The minimum absolute atomic E-state index is 0.0373. The van der Waals surface area contributed by atoms with E-state index >= 15 is 0 Å². The van der Waals surface area contributed by atoms with Crippen molar-refractivity contribution >= 4 is 5.91 Å². The lowest BCUT2D eigenvalue weighted by atomic mass is 10.1. The molecule has 3 heteroatoms. The van der Waals surface area contributed by atoms with E-state index in [-0.39, 0.29) is 5.91 Å². The highest BCUT2D eigenvalue weighted by atomic mass is 16.2. The minimum atomic E-state index is 0.0373. The zero-order chi connectivity index (χ0) is 13.7. The maximum Gasteiger partial charge on any atom is 0.255 e. The molecule has 98 valence electrons. The molecule has 19 heavy (non-hydrogen) atoms. The summed E-state index contributed by atoms with van der Waals surface area (Å²) in [5, 5.41) is 0. The second-order valence-corrected chi connectivity index (χ2v) is 4.31. The van der Waals surface area contributed by atoms with E-state index in [2.05, 4.69) is 4.98 Å². The summed E-state index contributed by atoms with van der Waals surface area (Å²) in [6.45, 7) is 5.39. The summed E-state index contributed by atoms with van der Waals surface area (Å²) in [5.41, 5.74) is 2.69. The highest BCUT2D eigenvalue weighted by Gasteiger charge is 2.13. The van der Waals surface area contributed by atoms with E-state index in [1.54, 1.807) is 17.3 Å². The van der Waals surface area contributed by atoms with Gasteiger partial charge in [0, 0.05) is 31.0 Å². The summed E-state index contributed by atoms with van der Waals surface area (Å²) >= 11 is 0. The normalized spacial score (nSPS) is 10.2. The molecular weight excluding hydrogens is 236 g/mol. The van der Waals surface area contributed by atoms with E-state index in [1.165, 1.54) is 0 Å². The van der Waals surface area contributed by atoms with Crippen LogP contribution in [0.5, 0.6) is 0 Å². The molecule has 0 saturated carbocycles. The number of pyridine rings is 1. The van der Waals surface area contributed by atoms with Gasteiger partial charge in [-0.3, -0.25) is 9.78 Å². The largest absolute Gasteiger partial charge is 0.339 e. The Morgan fingerprint density at radius 3 is 2.37 bits per heavy atom. The van der Waals surface area contributed by atoms with Gasteiger partial charge in [-0.1, -0.05) is 30.3 Å². The number of aromatic nitrogens is 1. The first-order valence-corrected chi connectivity index (χ1v) is 6.56. The highest BCUT2D eigenvalue weighted by Crippen LogP contribution is 2.19. The fraction of sp³-hybridized carbons (Fsp3) is 0.250. The van der Waals surface area contributed by atoms with Gasteiger partial charge in [-0.15, -0.1) is 0 Å². The average molecular weight is 254 g/mol. The van der Waals surface area contributed by atoms with Crippen LogP contribution in [0.2, 0.25) is 0 Å². The van der Waals surface area contributed by atoms with Gasteiger partial charge in [0.2, 0.25) is 0 Å². The fourth-order valence-corrected chi connectivity index (χ4v) is 2.04. The van der Waals surface area contributed by atoms with Crippen LogP contribution >= 0.6 is 0 Å². The van der Waals surface area contributed by atoms with Crippen LogP contribution in [-0.2, 0) is 0 Å². The summed E-state index contributed by atoms with van der Waals surface area (Å²) in [5.74, 6) is 0.0373. The molecule has 3 nitrogen and oxygen atoms in total. The second kappa shape index (κ2) is 6.14. The van der Waals surface area contributed by atoms with Crippen LogP contribution in [-0.4, -0.2) is 28.9 Å². The number of carbonyl (C=O) groups excluding carboxylic acids is 1. The first-order chi connectivity index (χ1) is 9.26. The molecule has 2 aromatic rings. The number of nitrogens with zero attached hydrogens (tertiary/aromatic N) is 2. The molecule has 0 saturated heterocycles. The lowest BCUT2D eigenvalue weighted by Crippen LogP contribution is -2.30. The fourth-order valence-electron chi connectivity index (χ4n) is 2.04. The van der Waals surface area contributed by atoms with Crippen LogP contribution in [0.3, 0.4) is 0 Å². The van der Waals surface area contributed by atoms with Crippen LogP contribution in [0.25, 0.3) is 11.1 Å². The van der Waals surface area contributed by atoms with Gasteiger partial charge >= 0.3 is 0 Å². The molecule has 1 amide bonds. The van der Waals surface area contributed by atoms with E-state index < -0.39 is 0 Å². The Bertz CT molecular complexity index is 548. The molecule has 1 aromatic carbocycles. The minimum Gasteiger partial charge on any atom is -0.339 e. The number of benzene rings is 1. The standard InChI is InChI=1S/C16H18N2O/c1-3-18(4-2)16(19)15-10-14(11-17-12-15)13-8-6-5-7-9-13/h5-12H,3-4H2,1-2H3. The molecule has 2 rings (SSSR count). The third kappa shape index (κ3) is 2.99. The van der Waals surface area contributed by atoms with Crippen molar-refractivity contribution in [3.8, 4) is 11.1 Å². The molecule has 0 fully saturated rings. The number of hydrogen-bond donors (Lipinski definition) is 0. The highest BCUT2D eigenvalue weighted by molar-refractivity contribution is 5.95. The average Bonchev–Trinajstić information content (AvgIpc) is 2.49. The number of hydrogen-bond acceptors (Lipinski definition) is 2. The van der Waals surface area contributed by atoms with Gasteiger partial charge in [0.1, 0.15) is 0 Å². The quantitative estimate of drug-likeness (QED) is 0.839. The number of amides is 1. The van der Waals surface area contributed by atoms with Crippen molar-refractivity contribution in [1.82, 2.24) is 9.88 Å². The maximum atomic E-state index is 12.3. The lowest BCUT2D eigenvalue weighted by molar-refractivity contribution is 0.0772. The van der Waals surface area contributed by atoms with Gasteiger partial charge in [-0.2, -0.15) is 0 Å². The van der Waals surface area contributed by atoms with E-state index in [0.717, 1.165) is 11.1 Å². The Hall–Kier alpha value is -2.16. The third-order valence-electron chi connectivity index (χ3n) is 3.14. The topological polar surface area (TPSA) is 33.2 Å². The Labute approximate surface area is 113 Å². The number of carbonyl (C=O) groups is 1. The molecule has 0 radical (unpaired) electrons. The predicted molar refractivity (Wildman–Crippen MR) is 76.9 cm³/mol. The van der Waals surface area contributed by atoms with E-state index in [1.807, 2.05) is 50.2 Å². The molecule has 0 bridgehead atoms. The molecule has 0 N–H and O–H groups in total. The molecule has 0 aliphatic rings.